The largest absolute Gasteiger partial charge is 0.206 e. The van der Waals surface area contributed by atoms with E-state index in [1.54, 1.807) is 19.1 Å². The van der Waals surface area contributed by atoms with Crippen LogP contribution in [0.5, 0.6) is 0 Å². The van der Waals surface area contributed by atoms with E-state index in [-0.39, 0.29) is 5.56 Å². The Kier molecular flexibility index (Phi) is 5.39. The average Bonchev–Trinajstić information content (AvgIpc) is 2.61. The lowest BCUT2D eigenvalue weighted by Crippen LogP contribution is -1.91. The van der Waals surface area contributed by atoms with Crippen molar-refractivity contribution in [2.75, 3.05) is 0 Å². The van der Waals surface area contributed by atoms with E-state index in [0.29, 0.717) is 11.1 Å². The van der Waals surface area contributed by atoms with Crippen molar-refractivity contribution in [2.45, 2.75) is 20.8 Å². The summed E-state index contributed by atoms with van der Waals surface area (Å²) in [5.41, 5.74) is 5.20. The molecule has 0 aliphatic carbocycles. The maximum Gasteiger partial charge on any atom is 0.142 e. The normalized spacial score (nSPS) is 9.81. The summed E-state index contributed by atoms with van der Waals surface area (Å²) in [4.78, 5) is 0. The van der Waals surface area contributed by atoms with Gasteiger partial charge < -0.3 is 0 Å². The first kappa shape index (κ1) is 18.4. The Morgan fingerprint density at radius 3 is 1.70 bits per heavy atom. The van der Waals surface area contributed by atoms with Gasteiger partial charge in [0, 0.05) is 16.7 Å². The van der Waals surface area contributed by atoms with E-state index in [4.69, 9.17) is 0 Å². The van der Waals surface area contributed by atoms with Crippen molar-refractivity contribution in [3.63, 3.8) is 0 Å². The predicted molar refractivity (Wildman–Crippen MR) is 105 cm³/mol. The predicted octanol–water partition coefficient (Wildman–Crippen LogP) is 5.69. The van der Waals surface area contributed by atoms with Crippen LogP contribution in [0.1, 0.15) is 38.9 Å². The summed E-state index contributed by atoms with van der Waals surface area (Å²) in [5, 5.41) is 0. The fraction of sp³-hybridized carbons (Fsp3) is 0.120. The van der Waals surface area contributed by atoms with E-state index in [2.05, 4.69) is 36.7 Å². The summed E-state index contributed by atoms with van der Waals surface area (Å²) in [6.07, 6.45) is 0. The van der Waals surface area contributed by atoms with Gasteiger partial charge in [0.15, 0.2) is 0 Å². The summed E-state index contributed by atoms with van der Waals surface area (Å²) in [5.74, 6) is 10.4. The number of benzene rings is 3. The lowest BCUT2D eigenvalue weighted by Gasteiger charge is -1.99. The Morgan fingerprint density at radius 1 is 0.593 bits per heavy atom. The molecule has 0 unspecified atom stereocenters. The molecule has 0 bridgehead atoms. The van der Waals surface area contributed by atoms with Crippen molar-refractivity contribution in [3.8, 4) is 23.7 Å². The first-order chi connectivity index (χ1) is 12.9. The van der Waals surface area contributed by atoms with Gasteiger partial charge >= 0.3 is 0 Å². The second kappa shape index (κ2) is 7.90. The molecule has 0 nitrogen and oxygen atoms in total. The Bertz CT molecular complexity index is 1090. The molecule has 0 aromatic heterocycles. The van der Waals surface area contributed by atoms with Gasteiger partial charge in [-0.15, -0.1) is 0 Å². The van der Waals surface area contributed by atoms with Gasteiger partial charge in [0.1, 0.15) is 11.6 Å². The van der Waals surface area contributed by atoms with Gasteiger partial charge in [-0.2, -0.15) is 0 Å². The van der Waals surface area contributed by atoms with Crippen LogP contribution in [0.15, 0.2) is 54.6 Å². The van der Waals surface area contributed by atoms with Gasteiger partial charge in [0.05, 0.1) is 5.56 Å². The van der Waals surface area contributed by atoms with E-state index < -0.39 is 11.6 Å². The fourth-order valence-electron chi connectivity index (χ4n) is 2.68. The lowest BCUT2D eigenvalue weighted by molar-refractivity contribution is 0.575. The molecule has 0 heterocycles. The molecule has 0 atom stereocenters. The molecule has 0 radical (unpaired) electrons. The minimum absolute atomic E-state index is 0.209. The average molecular weight is 356 g/mol. The second-order valence-electron chi connectivity index (χ2n) is 6.50. The molecular weight excluding hydrogens is 338 g/mol. The van der Waals surface area contributed by atoms with Crippen molar-refractivity contribution in [3.05, 3.63) is 105 Å². The van der Waals surface area contributed by atoms with E-state index in [1.165, 1.54) is 17.7 Å². The number of aryl methyl sites for hydroxylation is 3. The Hall–Kier alpha value is -3.36. The van der Waals surface area contributed by atoms with Gasteiger partial charge in [-0.25, -0.2) is 8.78 Å². The van der Waals surface area contributed by atoms with Crippen LogP contribution >= 0.6 is 0 Å². The first-order valence-electron chi connectivity index (χ1n) is 8.59. The van der Waals surface area contributed by atoms with Crippen LogP contribution in [-0.4, -0.2) is 0 Å². The van der Waals surface area contributed by atoms with Crippen LogP contribution in [-0.2, 0) is 0 Å². The molecule has 27 heavy (non-hydrogen) atoms. The summed E-state index contributed by atoms with van der Waals surface area (Å²) in [7, 11) is 0. The molecule has 3 aromatic carbocycles. The second-order valence-corrected chi connectivity index (χ2v) is 6.50. The van der Waals surface area contributed by atoms with Crippen LogP contribution < -0.4 is 0 Å². The van der Waals surface area contributed by atoms with Crippen molar-refractivity contribution in [1.82, 2.24) is 0 Å². The zero-order valence-electron chi connectivity index (χ0n) is 15.5. The Balaban J connectivity index is 1.81. The summed E-state index contributed by atoms with van der Waals surface area (Å²) < 4.78 is 27.7. The summed E-state index contributed by atoms with van der Waals surface area (Å²) in [6, 6.07) is 16.0. The van der Waals surface area contributed by atoms with Crippen molar-refractivity contribution >= 4 is 0 Å². The summed E-state index contributed by atoms with van der Waals surface area (Å²) in [6.45, 7) is 5.73. The molecule has 0 saturated heterocycles. The molecule has 0 spiro atoms. The molecule has 132 valence electrons. The summed E-state index contributed by atoms with van der Waals surface area (Å²) >= 11 is 0. The highest BCUT2D eigenvalue weighted by Gasteiger charge is 2.06. The smallest absolute Gasteiger partial charge is 0.142 e. The number of hydrogen-bond acceptors (Lipinski definition) is 0. The number of rotatable bonds is 0. The van der Waals surface area contributed by atoms with Crippen molar-refractivity contribution < 1.29 is 8.78 Å². The van der Waals surface area contributed by atoms with Crippen molar-refractivity contribution in [1.29, 1.82) is 0 Å². The molecule has 0 amide bonds. The Morgan fingerprint density at radius 2 is 1.15 bits per heavy atom. The molecule has 3 rings (SSSR count). The third-order valence-corrected chi connectivity index (χ3v) is 4.13. The van der Waals surface area contributed by atoms with Gasteiger partial charge in [0.2, 0.25) is 0 Å². The number of halogens is 2. The molecular formula is C25H18F2. The van der Waals surface area contributed by atoms with Gasteiger partial charge in [-0.05, 0) is 74.4 Å². The molecule has 2 heteroatoms. The van der Waals surface area contributed by atoms with Crippen LogP contribution in [0.25, 0.3) is 0 Å². The lowest BCUT2D eigenvalue weighted by atomic mass is 10.1. The van der Waals surface area contributed by atoms with E-state index >= 15 is 0 Å². The van der Waals surface area contributed by atoms with Gasteiger partial charge in [-0.3, -0.25) is 0 Å². The highest BCUT2D eigenvalue weighted by molar-refractivity contribution is 5.50. The zero-order valence-corrected chi connectivity index (χ0v) is 15.5. The monoisotopic (exact) mass is 356 g/mol. The van der Waals surface area contributed by atoms with Gasteiger partial charge in [-0.1, -0.05) is 41.4 Å². The highest BCUT2D eigenvalue weighted by Crippen LogP contribution is 2.14. The van der Waals surface area contributed by atoms with Crippen molar-refractivity contribution in [2.24, 2.45) is 0 Å². The molecule has 3 aromatic rings. The third-order valence-electron chi connectivity index (χ3n) is 4.13. The van der Waals surface area contributed by atoms with Gasteiger partial charge in [0.25, 0.3) is 0 Å². The Labute approximate surface area is 158 Å². The molecule has 0 saturated carbocycles. The quantitative estimate of drug-likeness (QED) is 0.454. The fourth-order valence-corrected chi connectivity index (χ4v) is 2.68. The zero-order chi connectivity index (χ0) is 19.4. The minimum Gasteiger partial charge on any atom is -0.206 e. The topological polar surface area (TPSA) is 0 Å². The van der Waals surface area contributed by atoms with Crippen LogP contribution in [0.2, 0.25) is 0 Å². The molecule has 0 aliphatic heterocycles. The molecule has 0 aliphatic rings. The maximum atomic E-state index is 13.8. The van der Waals surface area contributed by atoms with Crippen LogP contribution in [0.4, 0.5) is 8.78 Å². The SMILES string of the molecule is Cc1ccc(C#Cc2ccc(C#Cc3c(F)cc(C)cc3F)cc2)c(C)c1. The van der Waals surface area contributed by atoms with E-state index in [9.17, 15) is 8.78 Å². The standard InChI is InChI=1S/C25H18F2/c1-17-4-11-22(19(3)14-17)12-9-20-5-7-21(8-6-20)10-13-23-24(26)15-18(2)16-25(23)27/h4-8,11,14-16H,1-3H3. The molecule has 0 N–H and O–H groups in total. The highest BCUT2D eigenvalue weighted by atomic mass is 19.1. The van der Waals surface area contributed by atoms with E-state index in [0.717, 1.165) is 16.7 Å². The maximum absolute atomic E-state index is 13.8. The van der Waals surface area contributed by atoms with E-state index in [1.807, 2.05) is 31.2 Å². The third kappa shape index (κ3) is 4.63. The minimum atomic E-state index is -0.643. The van der Waals surface area contributed by atoms with Crippen LogP contribution in [0.3, 0.4) is 0 Å². The molecule has 0 fully saturated rings. The van der Waals surface area contributed by atoms with Crippen LogP contribution in [0, 0.1) is 56.1 Å². The number of hydrogen-bond donors (Lipinski definition) is 0. The first-order valence-corrected chi connectivity index (χ1v) is 8.59.